The number of rotatable bonds is 8. The zero-order chi connectivity index (χ0) is 30.5. The van der Waals surface area contributed by atoms with Crippen molar-refractivity contribution in [1.29, 1.82) is 5.26 Å². The molecule has 0 aliphatic carbocycles. The summed E-state index contributed by atoms with van der Waals surface area (Å²) in [5.41, 5.74) is 1.88. The highest BCUT2D eigenvalue weighted by molar-refractivity contribution is 6.07. The van der Waals surface area contributed by atoms with Crippen LogP contribution in [-0.4, -0.2) is 71.6 Å². The van der Waals surface area contributed by atoms with Gasteiger partial charge in [0.2, 0.25) is 5.91 Å². The molecule has 10 nitrogen and oxygen atoms in total. The van der Waals surface area contributed by atoms with Crippen LogP contribution in [0.3, 0.4) is 0 Å². The van der Waals surface area contributed by atoms with Crippen LogP contribution in [0.2, 0.25) is 0 Å². The number of likely N-dealkylation sites (tertiary alicyclic amines) is 1. The van der Waals surface area contributed by atoms with E-state index in [1.807, 2.05) is 18.2 Å². The van der Waals surface area contributed by atoms with Gasteiger partial charge in [0.25, 0.3) is 11.8 Å². The van der Waals surface area contributed by atoms with E-state index < -0.39 is 55.0 Å². The summed E-state index contributed by atoms with van der Waals surface area (Å²) in [4.78, 5) is 42.4. The first kappa shape index (κ1) is 30.2. The van der Waals surface area contributed by atoms with Crippen molar-refractivity contribution < 1.29 is 32.6 Å². The number of carbonyl (C=O) groups is 3. The summed E-state index contributed by atoms with van der Waals surface area (Å²) < 4.78 is 38.3. The van der Waals surface area contributed by atoms with Gasteiger partial charge in [0.15, 0.2) is 0 Å². The highest BCUT2D eigenvalue weighted by atomic mass is 19.3. The fourth-order valence-corrected chi connectivity index (χ4v) is 4.45. The van der Waals surface area contributed by atoms with Crippen molar-refractivity contribution in [2.24, 2.45) is 0 Å². The van der Waals surface area contributed by atoms with E-state index in [0.29, 0.717) is 16.7 Å². The number of alkyl carbamates (subject to hydrolysis) is 1. The molecule has 12 heteroatoms. The molecule has 1 fully saturated rings. The number of benzene rings is 2. The van der Waals surface area contributed by atoms with Crippen molar-refractivity contribution >= 4 is 28.8 Å². The molecule has 0 spiro atoms. The molecule has 2 heterocycles. The Morgan fingerprint density at radius 2 is 1.81 bits per heavy atom. The molecule has 3 amide bonds. The third-order valence-electron chi connectivity index (χ3n) is 6.35. The molecule has 0 unspecified atom stereocenters. The van der Waals surface area contributed by atoms with E-state index in [-0.39, 0.29) is 18.7 Å². The quantitative estimate of drug-likeness (QED) is 0.380. The standard InChI is InChI=1S/C30H31F2N5O5/c1-29(2,3)42-28(40)35-12-13-41-22-7-4-19(5-8-22)20-6-9-25-24(14-20)23(10-11-34-25)27(39)36-17-26(38)37-18-30(31,32)15-21(37)16-33/h4-11,14,21H,12-13,15,17-18H2,1-3H3,(H,35,40)(H,36,39)/t21-/m0/s1. The summed E-state index contributed by atoms with van der Waals surface area (Å²) in [6.07, 6.45) is 0.227. The summed E-state index contributed by atoms with van der Waals surface area (Å²) in [7, 11) is 0. The molecule has 1 aliphatic heterocycles. The Morgan fingerprint density at radius 1 is 1.10 bits per heavy atom. The average molecular weight is 580 g/mol. The number of ether oxygens (including phenoxy) is 2. The van der Waals surface area contributed by atoms with Crippen molar-refractivity contribution in [3.8, 4) is 22.9 Å². The number of hydrogen-bond acceptors (Lipinski definition) is 7. The molecule has 2 aromatic carbocycles. The maximum Gasteiger partial charge on any atom is 0.407 e. The van der Waals surface area contributed by atoms with E-state index in [1.165, 1.54) is 12.3 Å². The third-order valence-corrected chi connectivity index (χ3v) is 6.35. The van der Waals surface area contributed by atoms with Gasteiger partial charge >= 0.3 is 6.09 Å². The molecular weight excluding hydrogens is 548 g/mol. The summed E-state index contributed by atoms with van der Waals surface area (Å²) in [6, 6.07) is 14.7. The fourth-order valence-electron chi connectivity index (χ4n) is 4.45. The Bertz CT molecular complexity index is 1520. The van der Waals surface area contributed by atoms with Gasteiger partial charge in [-0.05, 0) is 62.2 Å². The molecule has 42 heavy (non-hydrogen) atoms. The fraction of sp³-hybridized carbons (Fsp3) is 0.367. The van der Waals surface area contributed by atoms with Gasteiger partial charge in [-0.2, -0.15) is 5.26 Å². The van der Waals surface area contributed by atoms with Gasteiger partial charge in [-0.3, -0.25) is 14.6 Å². The molecule has 0 bridgehead atoms. The Morgan fingerprint density at radius 3 is 2.50 bits per heavy atom. The predicted octanol–water partition coefficient (Wildman–Crippen LogP) is 4.29. The highest BCUT2D eigenvalue weighted by Crippen LogP contribution is 2.32. The van der Waals surface area contributed by atoms with E-state index in [4.69, 9.17) is 14.7 Å². The Labute approximate surface area is 241 Å². The van der Waals surface area contributed by atoms with Crippen molar-refractivity contribution in [2.45, 2.75) is 44.8 Å². The number of hydrogen-bond donors (Lipinski definition) is 2. The molecule has 1 aromatic heterocycles. The molecule has 220 valence electrons. The van der Waals surface area contributed by atoms with E-state index in [2.05, 4.69) is 15.6 Å². The number of alkyl halides is 2. The normalized spacial score (nSPS) is 16.0. The summed E-state index contributed by atoms with van der Waals surface area (Å²) in [6.45, 7) is 4.49. The molecule has 1 saturated heterocycles. The van der Waals surface area contributed by atoms with Crippen LogP contribution in [0.25, 0.3) is 22.0 Å². The monoisotopic (exact) mass is 579 g/mol. The van der Waals surface area contributed by atoms with Crippen molar-refractivity contribution in [1.82, 2.24) is 20.5 Å². The first-order valence-electron chi connectivity index (χ1n) is 13.3. The van der Waals surface area contributed by atoms with Crippen molar-refractivity contribution in [2.75, 3.05) is 26.2 Å². The molecule has 1 atom stereocenters. The van der Waals surface area contributed by atoms with Crippen LogP contribution in [0.4, 0.5) is 13.6 Å². The number of carbonyl (C=O) groups excluding carboxylic acids is 3. The van der Waals surface area contributed by atoms with Crippen LogP contribution >= 0.6 is 0 Å². The second-order valence-corrected chi connectivity index (χ2v) is 10.8. The van der Waals surface area contributed by atoms with Crippen LogP contribution < -0.4 is 15.4 Å². The maximum absolute atomic E-state index is 13.7. The van der Waals surface area contributed by atoms with Gasteiger partial charge in [-0.1, -0.05) is 18.2 Å². The van der Waals surface area contributed by atoms with Gasteiger partial charge in [0.1, 0.15) is 24.0 Å². The lowest BCUT2D eigenvalue weighted by molar-refractivity contribution is -0.131. The van der Waals surface area contributed by atoms with Crippen LogP contribution in [0.1, 0.15) is 37.6 Å². The van der Waals surface area contributed by atoms with Gasteiger partial charge in [-0.25, -0.2) is 13.6 Å². The van der Waals surface area contributed by atoms with E-state index in [1.54, 1.807) is 51.1 Å². The van der Waals surface area contributed by atoms with Crippen LogP contribution in [0, 0.1) is 11.3 Å². The number of pyridine rings is 1. The zero-order valence-electron chi connectivity index (χ0n) is 23.4. The third kappa shape index (κ3) is 7.69. The minimum Gasteiger partial charge on any atom is -0.492 e. The number of nitriles is 1. The lowest BCUT2D eigenvalue weighted by atomic mass is 10.0. The lowest BCUT2D eigenvalue weighted by Crippen LogP contribution is -2.43. The maximum atomic E-state index is 13.7. The predicted molar refractivity (Wildman–Crippen MR) is 150 cm³/mol. The molecule has 1 aliphatic rings. The molecule has 3 aromatic rings. The number of fused-ring (bicyclic) bond motifs is 1. The Hall–Kier alpha value is -4.79. The molecule has 2 N–H and O–H groups in total. The smallest absolute Gasteiger partial charge is 0.407 e. The van der Waals surface area contributed by atoms with E-state index in [9.17, 15) is 23.2 Å². The minimum atomic E-state index is -3.14. The number of amides is 3. The van der Waals surface area contributed by atoms with Crippen molar-refractivity contribution in [3.05, 3.63) is 60.3 Å². The first-order chi connectivity index (χ1) is 19.8. The first-order valence-corrected chi connectivity index (χ1v) is 13.3. The van der Waals surface area contributed by atoms with Crippen LogP contribution in [0.5, 0.6) is 5.75 Å². The average Bonchev–Trinajstić information content (AvgIpc) is 3.27. The number of nitrogens with zero attached hydrogens (tertiary/aromatic N) is 3. The SMILES string of the molecule is CC(C)(C)OC(=O)NCCOc1ccc(-c2ccc3nccc(C(=O)NCC(=O)N4CC(F)(F)C[C@H]4C#N)c3c2)cc1. The molecular formula is C30H31F2N5O5. The topological polar surface area (TPSA) is 134 Å². The summed E-state index contributed by atoms with van der Waals surface area (Å²) in [5.74, 6) is -3.86. The number of aromatic nitrogens is 1. The largest absolute Gasteiger partial charge is 0.492 e. The summed E-state index contributed by atoms with van der Waals surface area (Å²) in [5, 5.41) is 14.8. The Kier molecular flexibility index (Phi) is 8.90. The van der Waals surface area contributed by atoms with E-state index >= 15 is 0 Å². The van der Waals surface area contributed by atoms with Crippen molar-refractivity contribution in [3.63, 3.8) is 0 Å². The Balaban J connectivity index is 1.39. The highest BCUT2D eigenvalue weighted by Gasteiger charge is 2.47. The number of nitrogens with one attached hydrogen (secondary N) is 2. The van der Waals surface area contributed by atoms with Gasteiger partial charge in [-0.15, -0.1) is 0 Å². The van der Waals surface area contributed by atoms with Gasteiger partial charge in [0, 0.05) is 18.0 Å². The number of halogens is 2. The molecule has 4 rings (SSSR count). The van der Waals surface area contributed by atoms with Crippen LogP contribution in [-0.2, 0) is 9.53 Å². The van der Waals surface area contributed by atoms with Gasteiger partial charge in [0.05, 0.1) is 36.8 Å². The molecule has 0 saturated carbocycles. The van der Waals surface area contributed by atoms with Crippen LogP contribution in [0.15, 0.2) is 54.7 Å². The lowest BCUT2D eigenvalue weighted by Gasteiger charge is -2.19. The summed E-state index contributed by atoms with van der Waals surface area (Å²) >= 11 is 0. The second-order valence-electron chi connectivity index (χ2n) is 10.8. The zero-order valence-corrected chi connectivity index (χ0v) is 23.4. The second kappa shape index (κ2) is 12.4. The minimum absolute atomic E-state index is 0.249. The molecule has 0 radical (unpaired) electrons. The van der Waals surface area contributed by atoms with E-state index in [0.717, 1.165) is 16.0 Å². The van der Waals surface area contributed by atoms with Gasteiger partial charge < -0.3 is 25.0 Å².